The van der Waals surface area contributed by atoms with Gasteiger partial charge in [-0.1, -0.05) is 0 Å². The molecule has 0 radical (unpaired) electrons. The fraction of sp³-hybridized carbons (Fsp3) is 0.417. The summed E-state index contributed by atoms with van der Waals surface area (Å²) >= 11 is 0. The zero-order chi connectivity index (χ0) is 12.1. The van der Waals surface area contributed by atoms with Gasteiger partial charge in [0.15, 0.2) is 11.5 Å². The lowest BCUT2D eigenvalue weighted by Gasteiger charge is -2.10. The van der Waals surface area contributed by atoms with E-state index in [9.17, 15) is 4.79 Å². The lowest BCUT2D eigenvalue weighted by atomic mass is 10.2. The van der Waals surface area contributed by atoms with Crippen LogP contribution in [0.4, 0.5) is 5.69 Å². The van der Waals surface area contributed by atoms with E-state index in [1.165, 1.54) is 7.11 Å². The molecule has 0 aromatic heterocycles. The molecule has 1 aromatic rings. The molecule has 0 saturated heterocycles. The number of amides is 1. The Morgan fingerprint density at radius 2 is 2.12 bits per heavy atom. The molecule has 0 bridgehead atoms. The maximum absolute atomic E-state index is 11.3. The van der Waals surface area contributed by atoms with E-state index < -0.39 is 0 Å². The Bertz CT molecular complexity index is 405. The average Bonchev–Trinajstić information content (AvgIpc) is 2.53. The summed E-state index contributed by atoms with van der Waals surface area (Å²) in [5.74, 6) is 1.19. The molecule has 0 fully saturated rings. The zero-order valence-electron chi connectivity index (χ0n) is 9.69. The smallest absolute Gasteiger partial charge is 0.250 e. The van der Waals surface area contributed by atoms with Gasteiger partial charge in [0.25, 0.3) is 0 Å². The van der Waals surface area contributed by atoms with Crippen molar-refractivity contribution in [3.8, 4) is 11.5 Å². The number of fused-ring (bicyclic) bond motifs is 1. The van der Waals surface area contributed by atoms with E-state index in [1.54, 1.807) is 18.2 Å². The van der Waals surface area contributed by atoms with Crippen molar-refractivity contribution in [2.24, 2.45) is 0 Å². The standard InChI is InChI=1S/C12H15NO4/c1-15-8-12(14)13-9-3-4-10-11(7-9)17-6-2-5-16-10/h3-4,7H,2,5-6,8H2,1H3,(H,13,14). The van der Waals surface area contributed by atoms with Gasteiger partial charge in [-0.25, -0.2) is 0 Å². The van der Waals surface area contributed by atoms with E-state index in [2.05, 4.69) is 5.32 Å². The number of methoxy groups -OCH3 is 1. The number of ether oxygens (including phenoxy) is 3. The van der Waals surface area contributed by atoms with Crippen molar-refractivity contribution < 1.29 is 19.0 Å². The Morgan fingerprint density at radius 1 is 1.35 bits per heavy atom. The van der Waals surface area contributed by atoms with Gasteiger partial charge in [0.05, 0.1) is 13.2 Å². The van der Waals surface area contributed by atoms with Crippen LogP contribution in [0.1, 0.15) is 6.42 Å². The Balaban J connectivity index is 2.09. The van der Waals surface area contributed by atoms with Crippen molar-refractivity contribution in [2.75, 3.05) is 32.2 Å². The van der Waals surface area contributed by atoms with Gasteiger partial charge in [-0.05, 0) is 12.1 Å². The van der Waals surface area contributed by atoms with E-state index >= 15 is 0 Å². The highest BCUT2D eigenvalue weighted by Crippen LogP contribution is 2.32. The van der Waals surface area contributed by atoms with Gasteiger partial charge >= 0.3 is 0 Å². The second kappa shape index (κ2) is 5.54. The third-order valence-corrected chi connectivity index (χ3v) is 2.31. The minimum Gasteiger partial charge on any atom is -0.490 e. The van der Waals surface area contributed by atoms with Crippen molar-refractivity contribution in [1.82, 2.24) is 0 Å². The lowest BCUT2D eigenvalue weighted by molar-refractivity contribution is -0.119. The third kappa shape index (κ3) is 3.10. The van der Waals surface area contributed by atoms with E-state index in [-0.39, 0.29) is 12.5 Å². The van der Waals surface area contributed by atoms with Crippen LogP contribution in [0, 0.1) is 0 Å². The van der Waals surface area contributed by atoms with E-state index in [0.717, 1.165) is 6.42 Å². The maximum Gasteiger partial charge on any atom is 0.250 e. The first-order chi connectivity index (χ1) is 8.29. The van der Waals surface area contributed by atoms with Crippen LogP contribution in [0.2, 0.25) is 0 Å². The van der Waals surface area contributed by atoms with E-state index in [1.807, 2.05) is 0 Å². The predicted octanol–water partition coefficient (Wildman–Crippen LogP) is 1.43. The number of rotatable bonds is 3. The van der Waals surface area contributed by atoms with Crippen molar-refractivity contribution in [2.45, 2.75) is 6.42 Å². The molecule has 1 heterocycles. The van der Waals surface area contributed by atoms with Gasteiger partial charge in [-0.2, -0.15) is 0 Å². The van der Waals surface area contributed by atoms with Crippen LogP contribution in [-0.4, -0.2) is 32.8 Å². The first-order valence-electron chi connectivity index (χ1n) is 5.48. The molecular weight excluding hydrogens is 222 g/mol. The van der Waals surface area contributed by atoms with Crippen molar-refractivity contribution in [3.05, 3.63) is 18.2 Å². The molecule has 1 aliphatic heterocycles. The predicted molar refractivity (Wildman–Crippen MR) is 62.6 cm³/mol. The Kier molecular flexibility index (Phi) is 3.82. The SMILES string of the molecule is COCC(=O)Nc1ccc2c(c1)OCCCO2. The molecule has 0 saturated carbocycles. The number of hydrogen-bond donors (Lipinski definition) is 1. The number of hydrogen-bond acceptors (Lipinski definition) is 4. The van der Waals surface area contributed by atoms with Crippen molar-refractivity contribution >= 4 is 11.6 Å². The normalized spacial score (nSPS) is 13.9. The average molecular weight is 237 g/mol. The van der Waals surface area contributed by atoms with Crippen LogP contribution >= 0.6 is 0 Å². The van der Waals surface area contributed by atoms with Crippen LogP contribution in [0.5, 0.6) is 11.5 Å². The summed E-state index contributed by atoms with van der Waals surface area (Å²) in [5, 5.41) is 2.71. The molecule has 0 spiro atoms. The Morgan fingerprint density at radius 3 is 2.88 bits per heavy atom. The number of benzene rings is 1. The molecule has 17 heavy (non-hydrogen) atoms. The number of carbonyl (C=O) groups excluding carboxylic acids is 1. The maximum atomic E-state index is 11.3. The molecule has 2 rings (SSSR count). The number of nitrogens with one attached hydrogen (secondary N) is 1. The zero-order valence-corrected chi connectivity index (χ0v) is 9.69. The fourth-order valence-corrected chi connectivity index (χ4v) is 1.57. The summed E-state index contributed by atoms with van der Waals surface area (Å²) in [7, 11) is 1.48. The highest BCUT2D eigenvalue weighted by Gasteiger charge is 2.11. The van der Waals surface area contributed by atoms with E-state index in [0.29, 0.717) is 30.4 Å². The quantitative estimate of drug-likeness (QED) is 0.864. The first kappa shape index (κ1) is 11.7. The summed E-state index contributed by atoms with van der Waals surface area (Å²) in [6.07, 6.45) is 0.861. The molecule has 0 atom stereocenters. The molecule has 0 unspecified atom stereocenters. The molecule has 1 amide bonds. The lowest BCUT2D eigenvalue weighted by Crippen LogP contribution is -2.17. The van der Waals surface area contributed by atoms with Crippen LogP contribution < -0.4 is 14.8 Å². The summed E-state index contributed by atoms with van der Waals surface area (Å²) < 4.78 is 15.8. The van der Waals surface area contributed by atoms with Crippen LogP contribution in [-0.2, 0) is 9.53 Å². The van der Waals surface area contributed by atoms with Gasteiger partial charge in [0.2, 0.25) is 5.91 Å². The third-order valence-electron chi connectivity index (χ3n) is 2.31. The molecule has 5 heteroatoms. The second-order valence-electron chi connectivity index (χ2n) is 3.69. The van der Waals surface area contributed by atoms with Gasteiger partial charge in [-0.15, -0.1) is 0 Å². The van der Waals surface area contributed by atoms with Crippen LogP contribution in [0.25, 0.3) is 0 Å². The van der Waals surface area contributed by atoms with Gasteiger partial charge < -0.3 is 19.5 Å². The summed E-state index contributed by atoms with van der Waals surface area (Å²) in [6, 6.07) is 5.33. The minimum atomic E-state index is -0.193. The summed E-state index contributed by atoms with van der Waals surface area (Å²) in [6.45, 7) is 1.32. The monoisotopic (exact) mass is 237 g/mol. The number of carbonyl (C=O) groups is 1. The molecule has 1 aliphatic rings. The highest BCUT2D eigenvalue weighted by molar-refractivity contribution is 5.92. The van der Waals surface area contributed by atoms with Crippen molar-refractivity contribution in [1.29, 1.82) is 0 Å². The molecule has 0 aliphatic carbocycles. The van der Waals surface area contributed by atoms with Gasteiger partial charge in [0, 0.05) is 25.3 Å². The topological polar surface area (TPSA) is 56.8 Å². The van der Waals surface area contributed by atoms with E-state index in [4.69, 9.17) is 14.2 Å². The van der Waals surface area contributed by atoms with Gasteiger partial charge in [0.1, 0.15) is 6.61 Å². The molecule has 5 nitrogen and oxygen atoms in total. The fourth-order valence-electron chi connectivity index (χ4n) is 1.57. The second-order valence-corrected chi connectivity index (χ2v) is 3.69. The molecule has 92 valence electrons. The van der Waals surface area contributed by atoms with Gasteiger partial charge in [-0.3, -0.25) is 4.79 Å². The molecular formula is C12H15NO4. The molecule has 1 aromatic carbocycles. The largest absolute Gasteiger partial charge is 0.490 e. The Labute approximate surface area is 99.7 Å². The highest BCUT2D eigenvalue weighted by atomic mass is 16.5. The Hall–Kier alpha value is -1.75. The summed E-state index contributed by atoms with van der Waals surface area (Å²) in [4.78, 5) is 11.3. The van der Waals surface area contributed by atoms with Crippen molar-refractivity contribution in [3.63, 3.8) is 0 Å². The first-order valence-corrected chi connectivity index (χ1v) is 5.48. The minimum absolute atomic E-state index is 0.0362. The summed E-state index contributed by atoms with van der Waals surface area (Å²) in [5.41, 5.74) is 0.677. The number of anilines is 1. The van der Waals surface area contributed by atoms with Crippen LogP contribution in [0.3, 0.4) is 0 Å². The van der Waals surface area contributed by atoms with Crippen LogP contribution in [0.15, 0.2) is 18.2 Å². The molecule has 1 N–H and O–H groups in total.